The molecule has 0 spiro atoms. The van der Waals surface area contributed by atoms with Crippen LogP contribution in [0.25, 0.3) is 0 Å². The van der Waals surface area contributed by atoms with Gasteiger partial charge in [-0.25, -0.2) is 0 Å². The van der Waals surface area contributed by atoms with Crippen molar-refractivity contribution in [3.05, 3.63) is 278 Å². The Kier molecular flexibility index (Phi) is 15.8. The fraction of sp³-hybridized carbons (Fsp3) is 0. The third kappa shape index (κ3) is 11.0. The van der Waals surface area contributed by atoms with Gasteiger partial charge in [-0.1, -0.05) is 36.4 Å². The number of nitrogen functional groups attached to an aromatic ring is 2. The number of carbonyl (C=O) groups is 2. The molecule has 0 aliphatic rings. The Hall–Kier alpha value is -6.88. The smallest absolute Gasteiger partial charge is 0.0623 e. The van der Waals surface area contributed by atoms with Gasteiger partial charge in [-0.3, -0.25) is 0 Å². The molecule has 0 fully saturated rings. The van der Waals surface area contributed by atoms with Gasteiger partial charge in [0.2, 0.25) is 0 Å². The summed E-state index contributed by atoms with van der Waals surface area (Å²) in [4.78, 5) is 26.6. The molecule has 64 heavy (non-hydrogen) atoms. The van der Waals surface area contributed by atoms with E-state index in [4.69, 9.17) is 17.6 Å². The molecule has 0 heterocycles. The van der Waals surface area contributed by atoms with E-state index < -0.39 is 37.6 Å². The predicted octanol–water partition coefficient (Wildman–Crippen LogP) is 7.87. The van der Waals surface area contributed by atoms with Crippen LogP contribution in [0.4, 0.5) is 11.4 Å². The number of hydrogen-bond donors (Lipinski definition) is 2. The minimum Gasteiger partial charge on any atom is -0.0623 e. The van der Waals surface area contributed by atoms with Crippen molar-refractivity contribution in [1.29, 1.82) is 0 Å². The Labute approximate surface area is 384 Å². The molecule has 0 unspecified atom stereocenters. The van der Waals surface area contributed by atoms with Crippen molar-refractivity contribution in [3.63, 3.8) is 0 Å². The fourth-order valence-electron chi connectivity index (χ4n) is 7.41. The molecule has 9 aromatic carbocycles. The average molecular weight is 1050 g/mol. The number of anilines is 2. The summed E-state index contributed by atoms with van der Waals surface area (Å²) >= 11 is -8.16. The van der Waals surface area contributed by atoms with Crippen LogP contribution in [0.15, 0.2) is 267 Å². The minimum absolute atomic E-state index is 0.322. The molecule has 0 amide bonds. The van der Waals surface area contributed by atoms with Crippen molar-refractivity contribution in [2.75, 3.05) is 11.5 Å². The van der Waals surface area contributed by atoms with Crippen molar-refractivity contribution in [2.45, 2.75) is 0 Å². The molecule has 0 radical (unpaired) electrons. The second-order valence-electron chi connectivity index (χ2n) is 14.7. The molecule has 0 aliphatic heterocycles. The van der Waals surface area contributed by atoms with Crippen LogP contribution in [0.1, 0.15) is 20.7 Å². The van der Waals surface area contributed by atoms with Gasteiger partial charge >= 0.3 is 351 Å². The van der Waals surface area contributed by atoms with Gasteiger partial charge in [0.1, 0.15) is 0 Å². The van der Waals surface area contributed by atoms with Crippen LogP contribution < -0.4 is 32.9 Å². The van der Waals surface area contributed by atoms with Crippen LogP contribution in [0, 0.1) is 0 Å². The van der Waals surface area contributed by atoms with Gasteiger partial charge in [0.15, 0.2) is 0 Å². The van der Waals surface area contributed by atoms with E-state index in [1.807, 2.05) is 146 Å². The maximum absolute atomic E-state index is 13.3. The van der Waals surface area contributed by atoms with Gasteiger partial charge in [0.05, 0.1) is 0 Å². The third-order valence-electron chi connectivity index (χ3n) is 10.5. The summed E-state index contributed by atoms with van der Waals surface area (Å²) in [6.45, 7) is 0. The zero-order valence-corrected chi connectivity index (χ0v) is 40.9. The van der Waals surface area contributed by atoms with E-state index in [0.29, 0.717) is 22.5 Å². The Morgan fingerprint density at radius 2 is 0.438 bits per heavy atom. The average Bonchev–Trinajstić information content (AvgIpc) is 3.37. The van der Waals surface area contributed by atoms with E-state index in [1.165, 1.54) is 0 Å². The molecule has 314 valence electrons. The predicted molar refractivity (Wildman–Crippen MR) is 267 cm³/mol. The first kappa shape index (κ1) is 45.2. The van der Waals surface area contributed by atoms with Gasteiger partial charge in [-0.15, -0.1) is 0 Å². The molecule has 0 saturated carbocycles. The number of rotatable bonds is 10. The summed E-state index contributed by atoms with van der Waals surface area (Å²) < 4.78 is 19.6. The molecule has 0 atom stereocenters. The van der Waals surface area contributed by atoms with Gasteiger partial charge in [0, 0.05) is 0 Å². The van der Waals surface area contributed by atoms with Crippen molar-refractivity contribution in [3.8, 4) is 0 Å². The molecule has 0 saturated heterocycles. The summed E-state index contributed by atoms with van der Waals surface area (Å²) in [6, 6.07) is 86.6. The van der Waals surface area contributed by atoms with Crippen LogP contribution in [0.5, 0.6) is 0 Å². The first-order valence-corrected chi connectivity index (χ1v) is 31.8. The summed E-state index contributed by atoms with van der Waals surface area (Å²) in [5.74, 6) is -0.644. The topological polar surface area (TPSA) is 105 Å². The van der Waals surface area contributed by atoms with E-state index in [9.17, 15) is 9.59 Å². The largest absolute Gasteiger partial charge is 0.0623 e. The fourth-order valence-corrected chi connectivity index (χ4v) is 28.7. The molecular formula is C56H48N2O4Sn2. The molecule has 4 N–H and O–H groups in total. The second kappa shape index (κ2) is 22.5. The quantitative estimate of drug-likeness (QED) is 0.107. The van der Waals surface area contributed by atoms with Crippen LogP contribution in [-0.4, -0.2) is 49.5 Å². The number of hydrogen-bond acceptors (Lipinski definition) is 6. The van der Waals surface area contributed by atoms with E-state index in [2.05, 4.69) is 72.8 Å². The molecule has 9 aromatic rings. The molecule has 0 aromatic heterocycles. The van der Waals surface area contributed by atoms with Crippen LogP contribution in [-0.2, 0) is 6.15 Å². The summed E-state index contributed by atoms with van der Waals surface area (Å²) in [5.41, 5.74) is 13.8. The van der Waals surface area contributed by atoms with Gasteiger partial charge < -0.3 is 0 Å². The van der Waals surface area contributed by atoms with Gasteiger partial charge in [-0.05, 0) is 0 Å². The Balaban J connectivity index is 0.000000169. The second-order valence-corrected chi connectivity index (χ2v) is 33.6. The van der Waals surface area contributed by atoms with Gasteiger partial charge in [-0.2, -0.15) is 0 Å². The van der Waals surface area contributed by atoms with Crippen molar-refractivity contribution >= 4 is 82.4 Å². The maximum atomic E-state index is 13.3. The van der Waals surface area contributed by atoms with E-state index in [-0.39, 0.29) is 11.9 Å². The number of carbonyl (C=O) groups excluding carboxylic acids is 2. The summed E-state index contributed by atoms with van der Waals surface area (Å²) in [6.07, 6.45) is 0. The minimum atomic E-state index is -4.08. The molecule has 9 rings (SSSR count). The van der Waals surface area contributed by atoms with Gasteiger partial charge in [0.25, 0.3) is 0 Å². The number of benzene rings is 9. The van der Waals surface area contributed by atoms with E-state index in [0.717, 1.165) is 21.5 Å². The van der Waals surface area contributed by atoms with Crippen LogP contribution >= 0.6 is 0 Å². The van der Waals surface area contributed by atoms with E-state index >= 15 is 0 Å². The molecule has 0 bridgehead atoms. The van der Waals surface area contributed by atoms with Crippen LogP contribution in [0.3, 0.4) is 0 Å². The number of nitrogens with two attached hydrogens (primary N) is 2. The van der Waals surface area contributed by atoms with Crippen molar-refractivity contribution in [1.82, 2.24) is 0 Å². The zero-order chi connectivity index (χ0) is 44.5. The SMILES string of the molecule is Nc1ccc(C(=O)[O][Sn]([c]2ccccc2)([c]2ccccc2)[c]2ccccc2)cc1.Nc1ccc(C(=O)[O][Sn]([c]2ccccc2)([c]2ccccc2)[c]2ccccc2)cc1.c1ccccc1. The Bertz CT molecular complexity index is 2380. The monoisotopic (exact) mass is 1050 g/mol. The standard InChI is InChI=1S/2C7H7NO2.C6H6.6C6H5.2Sn/c2*8-6-3-1-5(2-4-6)7(9)10;7*1-2-4-6-5-3-1;;/h2*1-4H,8H2,(H,9,10);1-6H;6*1-5H;;/q;;;;;;;;;2*+1/p-2. The van der Waals surface area contributed by atoms with Crippen LogP contribution in [0.2, 0.25) is 0 Å². The summed E-state index contributed by atoms with van der Waals surface area (Å²) in [5, 5.41) is 0. The first-order valence-electron chi connectivity index (χ1n) is 20.9. The van der Waals surface area contributed by atoms with Crippen molar-refractivity contribution in [2.24, 2.45) is 0 Å². The molecular weight excluding hydrogens is 1000 g/mol. The normalized spacial score (nSPS) is 10.8. The Morgan fingerprint density at radius 3 is 0.625 bits per heavy atom. The van der Waals surface area contributed by atoms with E-state index in [1.54, 1.807) is 48.5 Å². The molecule has 0 aliphatic carbocycles. The third-order valence-corrected chi connectivity index (χ3v) is 33.0. The Morgan fingerprint density at radius 1 is 0.266 bits per heavy atom. The maximum Gasteiger partial charge on any atom is -0.0623 e. The molecule has 8 heteroatoms. The zero-order valence-electron chi connectivity index (χ0n) is 35.2. The molecule has 6 nitrogen and oxygen atoms in total. The summed E-state index contributed by atoms with van der Waals surface area (Å²) in [7, 11) is 0. The van der Waals surface area contributed by atoms with Crippen molar-refractivity contribution < 1.29 is 15.7 Å². The first-order chi connectivity index (χ1) is 31.4.